The Balaban J connectivity index is 1.57. The molecule has 0 amide bonds. The van der Waals surface area contributed by atoms with Gasteiger partial charge in [0.1, 0.15) is 17.3 Å². The summed E-state index contributed by atoms with van der Waals surface area (Å²) in [7, 11) is 0. The Hall–Kier alpha value is -3.07. The molecule has 0 aliphatic heterocycles. The third kappa shape index (κ3) is 6.25. The molecule has 0 atom stereocenters. The number of aliphatic carboxylic acids is 1. The van der Waals surface area contributed by atoms with Crippen molar-refractivity contribution in [3.05, 3.63) is 98.3 Å². The van der Waals surface area contributed by atoms with Gasteiger partial charge in [0.05, 0.1) is 0 Å². The Morgan fingerprint density at radius 1 is 1.09 bits per heavy atom. The molecule has 0 spiro atoms. The second-order valence-electron chi connectivity index (χ2n) is 6.75. The van der Waals surface area contributed by atoms with Gasteiger partial charge in [-0.05, 0) is 65.9 Å². The van der Waals surface area contributed by atoms with Crippen LogP contribution in [0.25, 0.3) is 17.5 Å². The number of carboxylic acids is 1. The van der Waals surface area contributed by atoms with Crippen LogP contribution in [0.5, 0.6) is 5.75 Å². The lowest BCUT2D eigenvalue weighted by Crippen LogP contribution is -1.99. The van der Waals surface area contributed by atoms with Gasteiger partial charge in [-0.15, -0.1) is 10.2 Å². The Morgan fingerprint density at radius 3 is 2.58 bits per heavy atom. The van der Waals surface area contributed by atoms with Gasteiger partial charge in [0.25, 0.3) is 5.22 Å². The second-order valence-corrected chi connectivity index (χ2v) is 9.10. The van der Waals surface area contributed by atoms with Crippen molar-refractivity contribution >= 4 is 51.3 Å². The molecule has 0 fully saturated rings. The predicted molar refractivity (Wildman–Crippen MR) is 131 cm³/mol. The van der Waals surface area contributed by atoms with Crippen molar-refractivity contribution in [1.82, 2.24) is 10.2 Å². The molecule has 9 heteroatoms. The first-order valence-corrected chi connectivity index (χ1v) is 11.7. The average Bonchev–Trinajstić information content (AvgIpc) is 3.28. The lowest BCUT2D eigenvalue weighted by atomic mass is 10.2. The summed E-state index contributed by atoms with van der Waals surface area (Å²) >= 11 is 10.2. The van der Waals surface area contributed by atoms with Crippen LogP contribution in [0.3, 0.4) is 0 Å². The Kier molecular flexibility index (Phi) is 7.49. The minimum absolute atomic E-state index is 0.00367. The average molecular weight is 544 g/mol. The van der Waals surface area contributed by atoms with Crippen LogP contribution >= 0.6 is 39.3 Å². The molecule has 0 aliphatic rings. The monoisotopic (exact) mass is 542 g/mol. The third-order valence-electron chi connectivity index (χ3n) is 4.40. The fraction of sp³-hybridized carbons (Fsp3) is 0.0417. The van der Waals surface area contributed by atoms with Crippen molar-refractivity contribution in [2.24, 2.45) is 0 Å². The molecule has 4 rings (SSSR count). The predicted octanol–water partition coefficient (Wildman–Crippen LogP) is 6.95. The lowest BCUT2D eigenvalue weighted by molar-refractivity contribution is -0.131. The number of carbonyl (C=O) groups is 1. The van der Waals surface area contributed by atoms with Crippen LogP contribution < -0.4 is 4.74 Å². The van der Waals surface area contributed by atoms with Gasteiger partial charge in [-0.25, -0.2) is 4.79 Å². The molecular weight excluding hydrogens is 528 g/mol. The summed E-state index contributed by atoms with van der Waals surface area (Å²) in [6, 6.07) is 22.0. The zero-order valence-electron chi connectivity index (χ0n) is 16.9. The van der Waals surface area contributed by atoms with Gasteiger partial charge in [0, 0.05) is 20.6 Å². The van der Waals surface area contributed by atoms with Crippen molar-refractivity contribution in [3.63, 3.8) is 0 Å². The molecule has 0 saturated heterocycles. The van der Waals surface area contributed by atoms with Crippen LogP contribution in [0.2, 0.25) is 5.02 Å². The number of hydrogen-bond donors (Lipinski definition) is 1. The molecule has 0 radical (unpaired) electrons. The van der Waals surface area contributed by atoms with E-state index in [1.807, 2.05) is 36.4 Å². The smallest absolute Gasteiger partial charge is 0.342 e. The minimum Gasteiger partial charge on any atom is -0.488 e. The number of aromatic nitrogens is 2. The number of halogens is 2. The zero-order chi connectivity index (χ0) is 23.2. The summed E-state index contributed by atoms with van der Waals surface area (Å²) in [5, 5.41) is 18.4. The highest BCUT2D eigenvalue weighted by Crippen LogP contribution is 2.33. The highest BCUT2D eigenvalue weighted by atomic mass is 79.9. The number of rotatable bonds is 8. The topological polar surface area (TPSA) is 85.5 Å². The van der Waals surface area contributed by atoms with Gasteiger partial charge >= 0.3 is 5.97 Å². The molecule has 1 heterocycles. The molecule has 1 N–H and O–H groups in total. The first kappa shape index (κ1) is 23.1. The van der Waals surface area contributed by atoms with Crippen molar-refractivity contribution < 1.29 is 19.1 Å². The van der Waals surface area contributed by atoms with E-state index in [1.165, 1.54) is 6.08 Å². The standard InChI is InChI=1S/C24H16BrClN2O4S/c25-18-8-11-20(31-14-15-4-2-1-3-5-15)17(12-18)13-21(23(29)30)33-24-28-27-22(32-24)16-6-9-19(26)10-7-16/h1-13H,14H2,(H,29,30)/b21-13-. The van der Waals surface area contributed by atoms with Crippen LogP contribution in [0.15, 0.2) is 91.8 Å². The Labute approximate surface area is 207 Å². The van der Waals surface area contributed by atoms with E-state index in [0.717, 1.165) is 21.8 Å². The van der Waals surface area contributed by atoms with Gasteiger partial charge < -0.3 is 14.3 Å². The molecule has 4 aromatic rings. The largest absolute Gasteiger partial charge is 0.488 e. The van der Waals surface area contributed by atoms with Gasteiger partial charge in [-0.2, -0.15) is 0 Å². The molecule has 0 aliphatic carbocycles. The van der Waals surface area contributed by atoms with E-state index < -0.39 is 5.97 Å². The van der Waals surface area contributed by atoms with E-state index in [2.05, 4.69) is 26.1 Å². The summed E-state index contributed by atoms with van der Waals surface area (Å²) < 4.78 is 12.4. The van der Waals surface area contributed by atoms with Gasteiger partial charge in [-0.1, -0.05) is 57.9 Å². The summed E-state index contributed by atoms with van der Waals surface area (Å²) in [4.78, 5) is 12.0. The van der Waals surface area contributed by atoms with E-state index in [9.17, 15) is 9.90 Å². The van der Waals surface area contributed by atoms with Crippen LogP contribution in [-0.4, -0.2) is 21.3 Å². The minimum atomic E-state index is -1.12. The van der Waals surface area contributed by atoms with Crippen LogP contribution in [-0.2, 0) is 11.4 Å². The molecule has 166 valence electrons. The van der Waals surface area contributed by atoms with Gasteiger partial charge in [-0.3, -0.25) is 0 Å². The Bertz CT molecular complexity index is 1290. The quantitative estimate of drug-likeness (QED) is 0.190. The molecule has 6 nitrogen and oxygen atoms in total. The number of hydrogen-bond acceptors (Lipinski definition) is 6. The maximum Gasteiger partial charge on any atom is 0.342 e. The van der Waals surface area contributed by atoms with Crippen LogP contribution in [0, 0.1) is 0 Å². The number of ether oxygens (including phenoxy) is 1. The highest BCUT2D eigenvalue weighted by molar-refractivity contribution is 9.10. The van der Waals surface area contributed by atoms with Crippen molar-refractivity contribution in [2.45, 2.75) is 11.8 Å². The molecule has 0 bridgehead atoms. The maximum atomic E-state index is 12.0. The highest BCUT2D eigenvalue weighted by Gasteiger charge is 2.17. The SMILES string of the molecule is O=C(O)/C(=C/c1cc(Br)ccc1OCc1ccccc1)Sc1nnc(-c2ccc(Cl)cc2)o1. The third-order valence-corrected chi connectivity index (χ3v) is 6.00. The Morgan fingerprint density at radius 2 is 1.85 bits per heavy atom. The molecule has 3 aromatic carbocycles. The summed E-state index contributed by atoms with van der Waals surface area (Å²) in [5.41, 5.74) is 2.29. The molecule has 33 heavy (non-hydrogen) atoms. The van der Waals surface area contributed by atoms with E-state index in [-0.39, 0.29) is 16.0 Å². The molecular formula is C24H16BrClN2O4S. The molecule has 0 saturated carbocycles. The van der Waals surface area contributed by atoms with Crippen molar-refractivity contribution in [2.75, 3.05) is 0 Å². The van der Waals surface area contributed by atoms with E-state index in [4.69, 9.17) is 20.8 Å². The summed E-state index contributed by atoms with van der Waals surface area (Å²) in [5.74, 6) is -0.303. The van der Waals surface area contributed by atoms with Crippen molar-refractivity contribution in [3.8, 4) is 17.2 Å². The lowest BCUT2D eigenvalue weighted by Gasteiger charge is -2.10. The number of thioether (sulfide) groups is 1. The fourth-order valence-electron chi connectivity index (χ4n) is 2.83. The van der Waals surface area contributed by atoms with Gasteiger partial charge in [0.2, 0.25) is 5.89 Å². The normalized spacial score (nSPS) is 11.4. The summed E-state index contributed by atoms with van der Waals surface area (Å²) in [6.07, 6.45) is 1.52. The molecule has 1 aromatic heterocycles. The van der Waals surface area contributed by atoms with Gasteiger partial charge in [0.15, 0.2) is 0 Å². The number of benzene rings is 3. The zero-order valence-corrected chi connectivity index (χ0v) is 20.1. The first-order valence-electron chi connectivity index (χ1n) is 9.66. The first-order chi connectivity index (χ1) is 16.0. The number of nitrogens with zero attached hydrogens (tertiary/aromatic N) is 2. The molecule has 0 unspecified atom stereocenters. The summed E-state index contributed by atoms with van der Waals surface area (Å²) in [6.45, 7) is 0.354. The van der Waals surface area contributed by atoms with E-state index >= 15 is 0 Å². The fourth-order valence-corrected chi connectivity index (χ4v) is 4.00. The second kappa shape index (κ2) is 10.7. The van der Waals surface area contributed by atoms with Crippen molar-refractivity contribution in [1.29, 1.82) is 0 Å². The van der Waals surface area contributed by atoms with Crippen LogP contribution in [0.1, 0.15) is 11.1 Å². The van der Waals surface area contributed by atoms with E-state index in [1.54, 1.807) is 36.4 Å². The van der Waals surface area contributed by atoms with Crippen LogP contribution in [0.4, 0.5) is 0 Å². The maximum absolute atomic E-state index is 12.0. The van der Waals surface area contributed by atoms with E-state index in [0.29, 0.717) is 28.5 Å². The number of carboxylic acid groups (broad SMARTS) is 1.